The maximum atomic E-state index is 14.4. The number of carbonyl (C=O) groups excluding carboxylic acids is 1. The molecule has 0 bridgehead atoms. The summed E-state index contributed by atoms with van der Waals surface area (Å²) in [6.45, 7) is 2.85. The van der Waals surface area contributed by atoms with Crippen LogP contribution < -0.4 is 5.32 Å². The van der Waals surface area contributed by atoms with E-state index in [1.165, 1.54) is 22.9 Å². The number of nitrogens with zero attached hydrogens (tertiary/aromatic N) is 4. The van der Waals surface area contributed by atoms with Crippen LogP contribution in [0.15, 0.2) is 36.7 Å². The Morgan fingerprint density at radius 1 is 1.25 bits per heavy atom. The zero-order chi connectivity index (χ0) is 20.1. The Bertz CT molecular complexity index is 1050. The topological polar surface area (TPSA) is 63.1 Å². The summed E-state index contributed by atoms with van der Waals surface area (Å²) in [5.74, 6) is -3.09. The highest BCUT2D eigenvalue weighted by molar-refractivity contribution is 5.90. The molecule has 9 heteroatoms. The molecule has 0 radical (unpaired) electrons. The number of halogens is 3. The van der Waals surface area contributed by atoms with Gasteiger partial charge in [-0.3, -0.25) is 0 Å². The lowest BCUT2D eigenvalue weighted by Gasteiger charge is -2.38. The van der Waals surface area contributed by atoms with E-state index < -0.39 is 30.9 Å². The minimum atomic E-state index is -2.84. The zero-order valence-electron chi connectivity index (χ0n) is 15.3. The summed E-state index contributed by atoms with van der Waals surface area (Å²) in [7, 11) is 0. The number of likely N-dealkylation sites (tertiary alicyclic amines) is 1. The van der Waals surface area contributed by atoms with E-state index in [0.29, 0.717) is 11.6 Å². The lowest BCUT2D eigenvalue weighted by atomic mass is 10.1. The average Bonchev–Trinajstić information content (AvgIpc) is 3.04. The van der Waals surface area contributed by atoms with Crippen LogP contribution in [0.1, 0.15) is 25.3 Å². The molecule has 6 nitrogen and oxygen atoms in total. The van der Waals surface area contributed by atoms with Gasteiger partial charge in [0.1, 0.15) is 11.5 Å². The van der Waals surface area contributed by atoms with Crippen LogP contribution in [0.3, 0.4) is 0 Å². The van der Waals surface area contributed by atoms with E-state index in [1.54, 1.807) is 12.4 Å². The van der Waals surface area contributed by atoms with E-state index in [2.05, 4.69) is 15.4 Å². The third kappa shape index (κ3) is 3.39. The third-order valence-corrected chi connectivity index (χ3v) is 4.62. The molecule has 3 aromatic rings. The van der Waals surface area contributed by atoms with Gasteiger partial charge in [0.25, 0.3) is 5.92 Å². The quantitative estimate of drug-likeness (QED) is 0.732. The molecule has 1 N–H and O–H groups in total. The molecule has 0 spiro atoms. The average molecular weight is 389 g/mol. The van der Waals surface area contributed by atoms with E-state index in [9.17, 15) is 18.0 Å². The summed E-state index contributed by atoms with van der Waals surface area (Å²) >= 11 is 0. The molecule has 28 heavy (non-hydrogen) atoms. The van der Waals surface area contributed by atoms with Gasteiger partial charge in [-0.15, -0.1) is 5.10 Å². The van der Waals surface area contributed by atoms with Gasteiger partial charge in [-0.1, -0.05) is 13.8 Å². The van der Waals surface area contributed by atoms with Crippen LogP contribution in [0.4, 0.5) is 23.7 Å². The van der Waals surface area contributed by atoms with Gasteiger partial charge >= 0.3 is 6.03 Å². The summed E-state index contributed by atoms with van der Waals surface area (Å²) < 4.78 is 41.5. The van der Waals surface area contributed by atoms with Gasteiger partial charge < -0.3 is 10.2 Å². The highest BCUT2D eigenvalue weighted by Gasteiger charge is 2.46. The second-order valence-corrected chi connectivity index (χ2v) is 7.22. The molecule has 0 unspecified atom stereocenters. The second-order valence-electron chi connectivity index (χ2n) is 7.22. The van der Waals surface area contributed by atoms with Gasteiger partial charge in [0, 0.05) is 23.5 Å². The van der Waals surface area contributed by atoms with Crippen molar-refractivity contribution in [2.45, 2.75) is 25.7 Å². The van der Waals surface area contributed by atoms with Gasteiger partial charge in [0.15, 0.2) is 5.65 Å². The van der Waals surface area contributed by atoms with Gasteiger partial charge in [-0.05, 0) is 35.7 Å². The summed E-state index contributed by atoms with van der Waals surface area (Å²) in [4.78, 5) is 17.3. The molecule has 1 aliphatic heterocycles. The Balaban J connectivity index is 1.60. The molecule has 0 aliphatic carbocycles. The van der Waals surface area contributed by atoms with Gasteiger partial charge in [-0.2, -0.15) is 0 Å². The monoisotopic (exact) mass is 389 g/mol. The number of alkyl halides is 2. The van der Waals surface area contributed by atoms with Crippen molar-refractivity contribution >= 4 is 22.8 Å². The van der Waals surface area contributed by atoms with Crippen molar-refractivity contribution in [3.05, 3.63) is 48.0 Å². The summed E-state index contributed by atoms with van der Waals surface area (Å²) in [5, 5.41) is 7.56. The van der Waals surface area contributed by atoms with Crippen molar-refractivity contribution in [2.24, 2.45) is 0 Å². The van der Waals surface area contributed by atoms with E-state index in [-0.39, 0.29) is 11.4 Å². The number of nitrogens with one attached hydrogen (secondary N) is 1. The molecule has 146 valence electrons. The normalized spacial score (nSPS) is 15.7. The first-order valence-electron chi connectivity index (χ1n) is 8.81. The van der Waals surface area contributed by atoms with Gasteiger partial charge in [-0.25, -0.2) is 27.6 Å². The molecule has 1 aromatic carbocycles. The van der Waals surface area contributed by atoms with Crippen molar-refractivity contribution in [1.29, 1.82) is 0 Å². The number of fused-ring (bicyclic) bond motifs is 1. The predicted octanol–water partition coefficient (Wildman–Crippen LogP) is 4.17. The molecule has 4 rings (SSSR count). The van der Waals surface area contributed by atoms with Crippen LogP contribution in [0.25, 0.3) is 16.7 Å². The molecule has 1 fully saturated rings. The summed E-state index contributed by atoms with van der Waals surface area (Å²) in [5.41, 5.74) is 1.92. The fourth-order valence-corrected chi connectivity index (χ4v) is 3.00. The van der Waals surface area contributed by atoms with E-state index in [0.717, 1.165) is 15.8 Å². The largest absolute Gasteiger partial charge is 0.322 e. The molecule has 0 atom stereocenters. The van der Waals surface area contributed by atoms with Crippen molar-refractivity contribution < 1.29 is 18.0 Å². The number of carbonyl (C=O) groups is 1. The fraction of sp³-hybridized carbons (Fsp3) is 0.316. The Morgan fingerprint density at radius 2 is 2.00 bits per heavy atom. The van der Waals surface area contributed by atoms with Crippen molar-refractivity contribution in [2.75, 3.05) is 18.4 Å². The highest BCUT2D eigenvalue weighted by Crippen LogP contribution is 2.28. The van der Waals surface area contributed by atoms with E-state index in [1.807, 2.05) is 19.9 Å². The number of amides is 2. The van der Waals surface area contributed by atoms with E-state index in [4.69, 9.17) is 0 Å². The minimum absolute atomic E-state index is 0.121. The standard InChI is InChI=1S/C19H18F3N5O/c1-11(2)12-5-13-8-27(25-17(13)23-7-12)16-6-14(3-4-15(16)20)24-18(28)26-9-19(21,22)10-26/h3-8,11H,9-10H2,1-2H3,(H,24,28). The molecule has 1 aliphatic rings. The molecular formula is C19H18F3N5O. The van der Waals surface area contributed by atoms with Crippen LogP contribution in [0, 0.1) is 5.82 Å². The Kier molecular flexibility index (Phi) is 4.24. The summed E-state index contributed by atoms with van der Waals surface area (Å²) in [6, 6.07) is 5.25. The van der Waals surface area contributed by atoms with Crippen molar-refractivity contribution in [3.63, 3.8) is 0 Å². The predicted molar refractivity (Wildman–Crippen MR) is 98.5 cm³/mol. The first kappa shape index (κ1) is 18.3. The SMILES string of the molecule is CC(C)c1cnc2nn(-c3cc(NC(=O)N4CC(F)(F)C4)ccc3F)cc2c1. The lowest BCUT2D eigenvalue weighted by Crippen LogP contribution is -2.59. The molecule has 2 aromatic heterocycles. The lowest BCUT2D eigenvalue weighted by molar-refractivity contribution is -0.107. The summed E-state index contributed by atoms with van der Waals surface area (Å²) in [6.07, 6.45) is 3.40. The number of urea groups is 1. The van der Waals surface area contributed by atoms with Gasteiger partial charge in [0.2, 0.25) is 0 Å². The number of pyridine rings is 1. The number of hydrogen-bond acceptors (Lipinski definition) is 3. The Labute approximate surface area is 159 Å². The Morgan fingerprint density at radius 3 is 2.68 bits per heavy atom. The zero-order valence-corrected chi connectivity index (χ0v) is 15.3. The maximum Gasteiger partial charge on any atom is 0.322 e. The fourth-order valence-electron chi connectivity index (χ4n) is 3.00. The molecule has 0 saturated carbocycles. The number of hydrogen-bond donors (Lipinski definition) is 1. The molecular weight excluding hydrogens is 371 g/mol. The molecule has 3 heterocycles. The third-order valence-electron chi connectivity index (χ3n) is 4.62. The van der Waals surface area contributed by atoms with Crippen LogP contribution in [0.2, 0.25) is 0 Å². The van der Waals surface area contributed by atoms with Crippen LogP contribution in [-0.2, 0) is 0 Å². The smallest absolute Gasteiger partial charge is 0.312 e. The first-order valence-corrected chi connectivity index (χ1v) is 8.81. The number of anilines is 1. The van der Waals surface area contributed by atoms with Crippen molar-refractivity contribution in [3.8, 4) is 5.69 Å². The molecule has 1 saturated heterocycles. The van der Waals surface area contributed by atoms with Gasteiger partial charge in [0.05, 0.1) is 13.1 Å². The highest BCUT2D eigenvalue weighted by atomic mass is 19.3. The minimum Gasteiger partial charge on any atom is -0.312 e. The van der Waals surface area contributed by atoms with Crippen LogP contribution in [0.5, 0.6) is 0 Å². The maximum absolute atomic E-state index is 14.4. The van der Waals surface area contributed by atoms with Crippen molar-refractivity contribution in [1.82, 2.24) is 19.7 Å². The Hall–Kier alpha value is -3.10. The first-order chi connectivity index (χ1) is 13.2. The molecule has 2 amide bonds. The number of rotatable bonds is 3. The van der Waals surface area contributed by atoms with Crippen LogP contribution >= 0.6 is 0 Å². The van der Waals surface area contributed by atoms with E-state index >= 15 is 0 Å². The number of aromatic nitrogens is 3. The van der Waals surface area contributed by atoms with Crippen LogP contribution in [-0.4, -0.2) is 44.7 Å². The second kappa shape index (κ2) is 6.50. The number of benzene rings is 1.